The predicted octanol–water partition coefficient (Wildman–Crippen LogP) is 3.07. The summed E-state index contributed by atoms with van der Waals surface area (Å²) in [7, 11) is -1.94. The van der Waals surface area contributed by atoms with Gasteiger partial charge in [0.1, 0.15) is 11.5 Å². The van der Waals surface area contributed by atoms with E-state index in [1.54, 1.807) is 37.4 Å². The average Bonchev–Trinajstić information content (AvgIpc) is 2.60. The van der Waals surface area contributed by atoms with Crippen LogP contribution in [0.4, 0.5) is 0 Å². The highest BCUT2D eigenvalue weighted by Gasteiger charge is 2.13. The highest BCUT2D eigenvalue weighted by Crippen LogP contribution is 2.29. The molecule has 9 heteroatoms. The average molecular weight is 421 g/mol. The first-order valence-electron chi connectivity index (χ1n) is 7.75. The van der Waals surface area contributed by atoms with Crippen molar-refractivity contribution in [3.8, 4) is 11.5 Å². The summed E-state index contributed by atoms with van der Waals surface area (Å²) in [5, 5.41) is 3.56. The van der Waals surface area contributed by atoms with Crippen molar-refractivity contribution in [2.45, 2.75) is 4.90 Å². The van der Waals surface area contributed by atoms with Gasteiger partial charge in [0.15, 0.2) is 0 Å². The SMILES string of the molecule is COCCNCCNS(=O)(=O)c1ccc(Oc2ccccc2Cl)cc1.Cl. The van der Waals surface area contributed by atoms with Crippen LogP contribution in [0.2, 0.25) is 5.02 Å². The summed E-state index contributed by atoms with van der Waals surface area (Å²) >= 11 is 6.04. The number of para-hydroxylation sites is 1. The van der Waals surface area contributed by atoms with Crippen LogP contribution in [0.1, 0.15) is 0 Å². The van der Waals surface area contributed by atoms with Gasteiger partial charge in [0, 0.05) is 26.7 Å². The Kier molecular flexibility index (Phi) is 9.93. The van der Waals surface area contributed by atoms with E-state index in [1.165, 1.54) is 12.1 Å². The maximum atomic E-state index is 12.2. The molecule has 0 aliphatic heterocycles. The summed E-state index contributed by atoms with van der Waals surface area (Å²) < 4.78 is 37.5. The summed E-state index contributed by atoms with van der Waals surface area (Å²) in [6.07, 6.45) is 0. The maximum absolute atomic E-state index is 12.2. The van der Waals surface area contributed by atoms with E-state index in [0.29, 0.717) is 42.8 Å². The Morgan fingerprint density at radius 2 is 1.69 bits per heavy atom. The molecule has 0 amide bonds. The van der Waals surface area contributed by atoms with Gasteiger partial charge in [-0.2, -0.15) is 0 Å². The molecule has 2 aromatic carbocycles. The molecule has 26 heavy (non-hydrogen) atoms. The zero-order chi connectivity index (χ0) is 18.1. The number of benzene rings is 2. The Bertz CT molecular complexity index is 771. The zero-order valence-electron chi connectivity index (χ0n) is 14.3. The van der Waals surface area contributed by atoms with E-state index in [1.807, 2.05) is 6.07 Å². The summed E-state index contributed by atoms with van der Waals surface area (Å²) in [6.45, 7) is 2.08. The van der Waals surface area contributed by atoms with E-state index >= 15 is 0 Å². The minimum Gasteiger partial charge on any atom is -0.456 e. The first-order chi connectivity index (χ1) is 12.0. The third-order valence-electron chi connectivity index (χ3n) is 3.28. The fourth-order valence-electron chi connectivity index (χ4n) is 2.00. The largest absolute Gasteiger partial charge is 0.456 e. The van der Waals surface area contributed by atoms with Crippen molar-refractivity contribution in [3.05, 3.63) is 53.6 Å². The van der Waals surface area contributed by atoms with Gasteiger partial charge in [-0.15, -0.1) is 12.4 Å². The van der Waals surface area contributed by atoms with Gasteiger partial charge in [0.25, 0.3) is 0 Å². The molecule has 0 radical (unpaired) electrons. The van der Waals surface area contributed by atoms with Gasteiger partial charge in [0.2, 0.25) is 10.0 Å². The normalized spacial score (nSPS) is 11.0. The van der Waals surface area contributed by atoms with Gasteiger partial charge in [0.05, 0.1) is 16.5 Å². The van der Waals surface area contributed by atoms with Crippen LogP contribution in [-0.4, -0.2) is 41.8 Å². The molecule has 0 unspecified atom stereocenters. The van der Waals surface area contributed by atoms with E-state index in [2.05, 4.69) is 10.0 Å². The molecule has 0 heterocycles. The first-order valence-corrected chi connectivity index (χ1v) is 9.61. The van der Waals surface area contributed by atoms with E-state index in [4.69, 9.17) is 21.1 Å². The third kappa shape index (κ3) is 7.11. The van der Waals surface area contributed by atoms with Crippen LogP contribution >= 0.6 is 24.0 Å². The minimum atomic E-state index is -3.55. The van der Waals surface area contributed by atoms with Gasteiger partial charge >= 0.3 is 0 Å². The van der Waals surface area contributed by atoms with Crippen LogP contribution in [0.5, 0.6) is 11.5 Å². The Labute approximate surface area is 165 Å². The van der Waals surface area contributed by atoms with E-state index in [9.17, 15) is 8.42 Å². The number of methoxy groups -OCH3 is 1. The van der Waals surface area contributed by atoms with E-state index in [-0.39, 0.29) is 17.3 Å². The van der Waals surface area contributed by atoms with E-state index in [0.717, 1.165) is 0 Å². The summed E-state index contributed by atoms with van der Waals surface area (Å²) in [4.78, 5) is 0.177. The van der Waals surface area contributed by atoms with Crippen LogP contribution < -0.4 is 14.8 Å². The molecule has 0 saturated heterocycles. The van der Waals surface area contributed by atoms with Gasteiger partial charge in [-0.3, -0.25) is 0 Å². The first kappa shape index (κ1) is 22.7. The molecule has 144 valence electrons. The number of sulfonamides is 1. The lowest BCUT2D eigenvalue weighted by Crippen LogP contribution is -2.33. The molecular formula is C17H22Cl2N2O4S. The van der Waals surface area contributed by atoms with E-state index < -0.39 is 10.0 Å². The second kappa shape index (κ2) is 11.4. The summed E-state index contributed by atoms with van der Waals surface area (Å²) in [6, 6.07) is 13.2. The number of halogens is 2. The minimum absolute atomic E-state index is 0. The molecule has 0 atom stereocenters. The molecule has 2 N–H and O–H groups in total. The number of ether oxygens (including phenoxy) is 2. The van der Waals surface area contributed by atoms with Crippen molar-refractivity contribution in [3.63, 3.8) is 0 Å². The van der Waals surface area contributed by atoms with Gasteiger partial charge in [-0.1, -0.05) is 23.7 Å². The van der Waals surface area contributed by atoms with Gasteiger partial charge in [-0.25, -0.2) is 13.1 Å². The van der Waals surface area contributed by atoms with Gasteiger partial charge in [-0.05, 0) is 36.4 Å². The predicted molar refractivity (Wildman–Crippen MR) is 105 cm³/mol. The lowest BCUT2D eigenvalue weighted by atomic mass is 10.3. The molecule has 0 fully saturated rings. The molecule has 2 aromatic rings. The smallest absolute Gasteiger partial charge is 0.240 e. The Balaban J connectivity index is 0.00000338. The standard InChI is InChI=1S/C17H21ClN2O4S.ClH/c1-23-13-12-19-10-11-20-25(21,22)15-8-6-14(7-9-15)24-17-5-3-2-4-16(17)18;/h2-9,19-20H,10-13H2,1H3;1H. The van der Waals surface area contributed by atoms with Crippen molar-refractivity contribution >= 4 is 34.0 Å². The quantitative estimate of drug-likeness (QED) is 0.577. The Hall–Kier alpha value is -1.35. The fourth-order valence-corrected chi connectivity index (χ4v) is 3.20. The second-order valence-electron chi connectivity index (χ2n) is 5.14. The third-order valence-corrected chi connectivity index (χ3v) is 5.06. The molecule has 6 nitrogen and oxygen atoms in total. The van der Waals surface area contributed by atoms with Crippen LogP contribution in [0.25, 0.3) is 0 Å². The summed E-state index contributed by atoms with van der Waals surface area (Å²) in [5.41, 5.74) is 0. The highest BCUT2D eigenvalue weighted by molar-refractivity contribution is 7.89. The molecular weight excluding hydrogens is 399 g/mol. The van der Waals surface area contributed by atoms with Crippen molar-refractivity contribution in [2.75, 3.05) is 33.4 Å². The van der Waals surface area contributed by atoms with Gasteiger partial charge < -0.3 is 14.8 Å². The van der Waals surface area contributed by atoms with Crippen LogP contribution in [0.3, 0.4) is 0 Å². The number of rotatable bonds is 10. The summed E-state index contributed by atoms with van der Waals surface area (Å²) in [5.74, 6) is 1.02. The molecule has 0 spiro atoms. The number of nitrogens with one attached hydrogen (secondary N) is 2. The molecule has 0 bridgehead atoms. The van der Waals surface area contributed by atoms with Crippen LogP contribution in [0, 0.1) is 0 Å². The molecule has 0 aliphatic rings. The lowest BCUT2D eigenvalue weighted by Gasteiger charge is -2.10. The highest BCUT2D eigenvalue weighted by atomic mass is 35.5. The van der Waals surface area contributed by atoms with Crippen LogP contribution in [0.15, 0.2) is 53.4 Å². The van der Waals surface area contributed by atoms with Crippen molar-refractivity contribution in [1.29, 1.82) is 0 Å². The van der Waals surface area contributed by atoms with Crippen molar-refractivity contribution in [1.82, 2.24) is 10.0 Å². The topological polar surface area (TPSA) is 76.7 Å². The lowest BCUT2D eigenvalue weighted by molar-refractivity contribution is 0.199. The zero-order valence-corrected chi connectivity index (χ0v) is 16.7. The van der Waals surface area contributed by atoms with Crippen LogP contribution in [-0.2, 0) is 14.8 Å². The molecule has 0 aromatic heterocycles. The Morgan fingerprint density at radius 1 is 1.00 bits per heavy atom. The second-order valence-corrected chi connectivity index (χ2v) is 7.32. The molecule has 0 aliphatic carbocycles. The number of hydrogen-bond acceptors (Lipinski definition) is 5. The van der Waals surface area contributed by atoms with Crippen molar-refractivity contribution in [2.24, 2.45) is 0 Å². The monoisotopic (exact) mass is 420 g/mol. The van der Waals surface area contributed by atoms with Crippen molar-refractivity contribution < 1.29 is 17.9 Å². The maximum Gasteiger partial charge on any atom is 0.240 e. The Morgan fingerprint density at radius 3 is 2.35 bits per heavy atom. The number of hydrogen-bond donors (Lipinski definition) is 2. The molecule has 2 rings (SSSR count). The fraction of sp³-hybridized carbons (Fsp3) is 0.294. The molecule has 0 saturated carbocycles.